The van der Waals surface area contributed by atoms with Gasteiger partial charge in [0.1, 0.15) is 28.8 Å². The van der Waals surface area contributed by atoms with Gasteiger partial charge in [-0.1, -0.05) is 18.2 Å². The first kappa shape index (κ1) is 18.9. The standard InChI is InChI=1S/C21H22N2O3S/c1-3-25-18-11-9-16(10-12-18)20-22-19(15-27-20)21(24)23(2)13-14-26-17-7-5-4-6-8-17/h4-12,15H,3,13-14H2,1-2H3. The second-order valence-corrected chi connectivity index (χ2v) is 6.74. The minimum Gasteiger partial charge on any atom is -0.494 e. The average molecular weight is 382 g/mol. The summed E-state index contributed by atoms with van der Waals surface area (Å²) in [4.78, 5) is 18.7. The maximum Gasteiger partial charge on any atom is 0.273 e. The number of ether oxygens (including phenoxy) is 2. The lowest BCUT2D eigenvalue weighted by Gasteiger charge is -2.16. The molecule has 0 aliphatic heterocycles. The second-order valence-electron chi connectivity index (χ2n) is 5.88. The zero-order valence-electron chi connectivity index (χ0n) is 15.4. The number of likely N-dealkylation sites (N-methyl/N-ethyl adjacent to an activating group) is 1. The highest BCUT2D eigenvalue weighted by Gasteiger charge is 2.16. The van der Waals surface area contributed by atoms with Gasteiger partial charge in [0.2, 0.25) is 0 Å². The minimum absolute atomic E-state index is 0.111. The molecule has 27 heavy (non-hydrogen) atoms. The first-order valence-electron chi connectivity index (χ1n) is 8.79. The summed E-state index contributed by atoms with van der Waals surface area (Å²) in [5.41, 5.74) is 1.42. The monoisotopic (exact) mass is 382 g/mol. The summed E-state index contributed by atoms with van der Waals surface area (Å²) in [6.45, 7) is 3.51. The van der Waals surface area contributed by atoms with E-state index in [1.165, 1.54) is 11.3 Å². The molecule has 0 unspecified atom stereocenters. The average Bonchev–Trinajstić information content (AvgIpc) is 3.19. The molecule has 0 saturated heterocycles. The van der Waals surface area contributed by atoms with Crippen molar-refractivity contribution in [3.05, 3.63) is 65.7 Å². The van der Waals surface area contributed by atoms with Crippen LogP contribution in [0.3, 0.4) is 0 Å². The third-order valence-corrected chi connectivity index (χ3v) is 4.81. The first-order valence-corrected chi connectivity index (χ1v) is 9.67. The Hall–Kier alpha value is -2.86. The SMILES string of the molecule is CCOc1ccc(-c2nc(C(=O)N(C)CCOc3ccccc3)cs2)cc1. The smallest absolute Gasteiger partial charge is 0.273 e. The number of benzene rings is 2. The largest absolute Gasteiger partial charge is 0.494 e. The molecule has 0 aliphatic carbocycles. The zero-order chi connectivity index (χ0) is 19.1. The lowest BCUT2D eigenvalue weighted by molar-refractivity contribution is 0.0769. The molecule has 0 saturated carbocycles. The molecular formula is C21H22N2O3S. The maximum atomic E-state index is 12.6. The molecule has 0 atom stereocenters. The molecule has 3 aromatic rings. The molecule has 140 valence electrons. The molecule has 1 heterocycles. The van der Waals surface area contributed by atoms with Crippen LogP contribution in [0.25, 0.3) is 10.6 Å². The van der Waals surface area contributed by atoms with Crippen molar-refractivity contribution in [3.63, 3.8) is 0 Å². The van der Waals surface area contributed by atoms with Crippen molar-refractivity contribution in [2.75, 3.05) is 26.8 Å². The summed E-state index contributed by atoms with van der Waals surface area (Å²) in [5, 5.41) is 2.61. The summed E-state index contributed by atoms with van der Waals surface area (Å²) in [6.07, 6.45) is 0. The highest BCUT2D eigenvalue weighted by atomic mass is 32.1. The van der Waals surface area contributed by atoms with Gasteiger partial charge in [-0.2, -0.15) is 0 Å². The van der Waals surface area contributed by atoms with Crippen LogP contribution in [0.2, 0.25) is 0 Å². The highest BCUT2D eigenvalue weighted by molar-refractivity contribution is 7.13. The van der Waals surface area contributed by atoms with E-state index in [4.69, 9.17) is 9.47 Å². The number of para-hydroxylation sites is 1. The molecule has 6 heteroatoms. The molecule has 2 aromatic carbocycles. The van der Waals surface area contributed by atoms with E-state index in [2.05, 4.69) is 4.98 Å². The van der Waals surface area contributed by atoms with Gasteiger partial charge in [0.05, 0.1) is 13.2 Å². The van der Waals surface area contributed by atoms with Crippen LogP contribution < -0.4 is 9.47 Å². The number of rotatable bonds is 8. The molecule has 0 N–H and O–H groups in total. The first-order chi connectivity index (χ1) is 13.2. The van der Waals surface area contributed by atoms with Gasteiger partial charge in [-0.3, -0.25) is 4.79 Å². The van der Waals surface area contributed by atoms with E-state index in [9.17, 15) is 4.79 Å². The van der Waals surface area contributed by atoms with Gasteiger partial charge >= 0.3 is 0 Å². The molecule has 0 radical (unpaired) electrons. The molecule has 5 nitrogen and oxygen atoms in total. The maximum absolute atomic E-state index is 12.6. The normalized spacial score (nSPS) is 10.4. The third kappa shape index (κ3) is 5.08. The van der Waals surface area contributed by atoms with Crippen LogP contribution in [-0.4, -0.2) is 42.6 Å². The Labute approximate surface area is 163 Å². The number of hydrogen-bond donors (Lipinski definition) is 0. The van der Waals surface area contributed by atoms with Crippen molar-refractivity contribution in [1.29, 1.82) is 0 Å². The molecule has 1 aromatic heterocycles. The summed E-state index contributed by atoms with van der Waals surface area (Å²) >= 11 is 1.46. The number of hydrogen-bond acceptors (Lipinski definition) is 5. The summed E-state index contributed by atoms with van der Waals surface area (Å²) < 4.78 is 11.1. The molecule has 0 bridgehead atoms. The quantitative estimate of drug-likeness (QED) is 0.581. The number of thiazole rings is 1. The molecule has 3 rings (SSSR count). The Balaban J connectivity index is 1.57. The van der Waals surface area contributed by atoms with E-state index in [1.807, 2.05) is 61.5 Å². The van der Waals surface area contributed by atoms with Gasteiger partial charge in [-0.05, 0) is 43.3 Å². The van der Waals surface area contributed by atoms with E-state index in [0.29, 0.717) is 25.5 Å². The number of amides is 1. The number of nitrogens with zero attached hydrogens (tertiary/aromatic N) is 2. The van der Waals surface area contributed by atoms with Crippen LogP contribution in [0.4, 0.5) is 0 Å². The van der Waals surface area contributed by atoms with E-state index < -0.39 is 0 Å². The van der Waals surface area contributed by atoms with E-state index in [0.717, 1.165) is 22.1 Å². The Morgan fingerprint density at radius 3 is 2.44 bits per heavy atom. The van der Waals surface area contributed by atoms with Crippen LogP contribution >= 0.6 is 11.3 Å². The Morgan fingerprint density at radius 1 is 1.04 bits per heavy atom. The fraction of sp³-hybridized carbons (Fsp3) is 0.238. The predicted molar refractivity (Wildman–Crippen MR) is 108 cm³/mol. The second kappa shape index (κ2) is 9.19. The summed E-state index contributed by atoms with van der Waals surface area (Å²) in [7, 11) is 1.76. The Kier molecular flexibility index (Phi) is 6.44. The Bertz CT molecular complexity index is 863. The van der Waals surface area contributed by atoms with Gasteiger partial charge in [0, 0.05) is 18.0 Å². The lowest BCUT2D eigenvalue weighted by Crippen LogP contribution is -2.31. The van der Waals surface area contributed by atoms with E-state index in [-0.39, 0.29) is 5.91 Å². The Morgan fingerprint density at radius 2 is 1.74 bits per heavy atom. The zero-order valence-corrected chi connectivity index (χ0v) is 16.2. The van der Waals surface area contributed by atoms with Gasteiger partial charge in [0.25, 0.3) is 5.91 Å². The fourth-order valence-electron chi connectivity index (χ4n) is 2.48. The number of aromatic nitrogens is 1. The van der Waals surface area contributed by atoms with Gasteiger partial charge < -0.3 is 14.4 Å². The highest BCUT2D eigenvalue weighted by Crippen LogP contribution is 2.26. The third-order valence-electron chi connectivity index (χ3n) is 3.92. The van der Waals surface area contributed by atoms with Crippen molar-refractivity contribution in [1.82, 2.24) is 9.88 Å². The van der Waals surface area contributed by atoms with Gasteiger partial charge in [0.15, 0.2) is 0 Å². The fourth-order valence-corrected chi connectivity index (χ4v) is 3.28. The van der Waals surface area contributed by atoms with Crippen molar-refractivity contribution < 1.29 is 14.3 Å². The van der Waals surface area contributed by atoms with Crippen LogP contribution in [-0.2, 0) is 0 Å². The number of carbonyl (C=O) groups excluding carboxylic acids is 1. The van der Waals surface area contributed by atoms with Crippen molar-refractivity contribution >= 4 is 17.2 Å². The van der Waals surface area contributed by atoms with Crippen molar-refractivity contribution in [2.45, 2.75) is 6.92 Å². The lowest BCUT2D eigenvalue weighted by atomic mass is 10.2. The molecule has 0 spiro atoms. The molecule has 0 aliphatic rings. The van der Waals surface area contributed by atoms with Crippen LogP contribution in [0.15, 0.2) is 60.0 Å². The molecule has 1 amide bonds. The van der Waals surface area contributed by atoms with Gasteiger partial charge in [-0.15, -0.1) is 11.3 Å². The summed E-state index contributed by atoms with van der Waals surface area (Å²) in [6, 6.07) is 17.3. The molecule has 0 fully saturated rings. The van der Waals surface area contributed by atoms with E-state index in [1.54, 1.807) is 17.3 Å². The van der Waals surface area contributed by atoms with Crippen LogP contribution in [0, 0.1) is 0 Å². The van der Waals surface area contributed by atoms with Crippen molar-refractivity contribution in [2.24, 2.45) is 0 Å². The van der Waals surface area contributed by atoms with Crippen LogP contribution in [0.1, 0.15) is 17.4 Å². The predicted octanol–water partition coefficient (Wildman–Crippen LogP) is 4.36. The number of carbonyl (C=O) groups is 1. The van der Waals surface area contributed by atoms with Crippen LogP contribution in [0.5, 0.6) is 11.5 Å². The van der Waals surface area contributed by atoms with Crippen molar-refractivity contribution in [3.8, 4) is 22.1 Å². The molecular weight excluding hydrogens is 360 g/mol. The minimum atomic E-state index is -0.111. The van der Waals surface area contributed by atoms with E-state index >= 15 is 0 Å². The van der Waals surface area contributed by atoms with Gasteiger partial charge in [-0.25, -0.2) is 4.98 Å². The topological polar surface area (TPSA) is 51.7 Å². The summed E-state index contributed by atoms with van der Waals surface area (Å²) in [5.74, 6) is 1.51.